The summed E-state index contributed by atoms with van der Waals surface area (Å²) in [6.07, 6.45) is 5.56. The molecule has 4 unspecified atom stereocenters. The van der Waals surface area contributed by atoms with E-state index < -0.39 is 18.1 Å². The first-order chi connectivity index (χ1) is 12.0. The molecular weight excluding hydrogens is 318 g/mol. The fraction of sp³-hybridized carbons (Fsp3) is 0.474. The van der Waals surface area contributed by atoms with Crippen LogP contribution in [0.15, 0.2) is 42.5 Å². The zero-order valence-corrected chi connectivity index (χ0v) is 14.6. The Kier molecular flexibility index (Phi) is 5.20. The molecule has 0 radical (unpaired) electrons. The fourth-order valence-electron chi connectivity index (χ4n) is 3.51. The van der Waals surface area contributed by atoms with Gasteiger partial charge in [0.05, 0.1) is 18.1 Å². The Hall–Kier alpha value is -2.18. The van der Waals surface area contributed by atoms with Crippen LogP contribution in [0.3, 0.4) is 0 Å². The standard InChI is InChI=1S/C19H25N3O3/c1-3-4-10-16(23)15-12-11-14-17(19(25)21(2)18(14)24)22(15)20-13-8-6-5-7-9-13/h5-9,11-12,14-17,20,23H,3-4,10H2,1-2H3. The molecule has 134 valence electrons. The number of amides is 2. The van der Waals surface area contributed by atoms with Gasteiger partial charge >= 0.3 is 0 Å². The summed E-state index contributed by atoms with van der Waals surface area (Å²) in [5, 5.41) is 12.4. The van der Waals surface area contributed by atoms with Gasteiger partial charge in [0.1, 0.15) is 6.04 Å². The van der Waals surface area contributed by atoms with Crippen molar-refractivity contribution in [1.82, 2.24) is 9.91 Å². The highest BCUT2D eigenvalue weighted by molar-refractivity contribution is 6.08. The number of aliphatic hydroxyl groups is 1. The average molecular weight is 343 g/mol. The molecule has 0 aliphatic carbocycles. The number of nitrogens with one attached hydrogen (secondary N) is 1. The summed E-state index contributed by atoms with van der Waals surface area (Å²) in [4.78, 5) is 26.2. The van der Waals surface area contributed by atoms with E-state index in [4.69, 9.17) is 0 Å². The molecule has 2 N–H and O–H groups in total. The third-order valence-corrected chi connectivity index (χ3v) is 4.96. The van der Waals surface area contributed by atoms with Gasteiger partial charge in [0, 0.05) is 12.7 Å². The zero-order valence-electron chi connectivity index (χ0n) is 14.6. The highest BCUT2D eigenvalue weighted by atomic mass is 16.3. The second kappa shape index (κ2) is 7.37. The number of hydrogen-bond acceptors (Lipinski definition) is 5. The number of carbonyl (C=O) groups is 2. The van der Waals surface area contributed by atoms with Crippen molar-refractivity contribution in [2.45, 2.75) is 44.4 Å². The van der Waals surface area contributed by atoms with Crippen LogP contribution in [-0.2, 0) is 9.59 Å². The van der Waals surface area contributed by atoms with Gasteiger partial charge in [-0.2, -0.15) is 0 Å². The van der Waals surface area contributed by atoms with Gasteiger partial charge in [-0.3, -0.25) is 14.5 Å². The van der Waals surface area contributed by atoms with E-state index in [2.05, 4.69) is 12.3 Å². The molecule has 0 spiro atoms. The first kappa shape index (κ1) is 17.6. The lowest BCUT2D eigenvalue weighted by atomic mass is 9.91. The van der Waals surface area contributed by atoms with Crippen molar-refractivity contribution in [3.05, 3.63) is 42.5 Å². The molecule has 2 aliphatic rings. The van der Waals surface area contributed by atoms with E-state index in [9.17, 15) is 14.7 Å². The summed E-state index contributed by atoms with van der Waals surface area (Å²) >= 11 is 0. The first-order valence-electron chi connectivity index (χ1n) is 8.82. The molecule has 0 aromatic heterocycles. The first-order valence-corrected chi connectivity index (χ1v) is 8.82. The maximum atomic E-state index is 12.6. The minimum atomic E-state index is -0.635. The van der Waals surface area contributed by atoms with E-state index in [1.807, 2.05) is 36.4 Å². The number of unbranched alkanes of at least 4 members (excludes halogenated alkanes) is 1. The number of aliphatic hydroxyl groups excluding tert-OH is 1. The molecule has 3 rings (SSSR count). The minimum Gasteiger partial charge on any atom is -0.391 e. The van der Waals surface area contributed by atoms with E-state index in [0.29, 0.717) is 6.42 Å². The van der Waals surface area contributed by atoms with Gasteiger partial charge in [-0.25, -0.2) is 5.01 Å². The van der Waals surface area contributed by atoms with Crippen molar-refractivity contribution in [3.63, 3.8) is 0 Å². The zero-order chi connectivity index (χ0) is 18.0. The lowest BCUT2D eigenvalue weighted by Gasteiger charge is -2.40. The summed E-state index contributed by atoms with van der Waals surface area (Å²) in [5.41, 5.74) is 4.07. The van der Waals surface area contributed by atoms with Crippen molar-refractivity contribution in [3.8, 4) is 0 Å². The van der Waals surface area contributed by atoms with Crippen LogP contribution in [0.4, 0.5) is 5.69 Å². The Balaban J connectivity index is 1.91. The molecule has 1 saturated heterocycles. The highest BCUT2D eigenvalue weighted by Gasteiger charge is 2.52. The molecule has 1 aromatic carbocycles. The normalized spacial score (nSPS) is 27.5. The van der Waals surface area contributed by atoms with Crippen LogP contribution in [0.5, 0.6) is 0 Å². The van der Waals surface area contributed by atoms with Crippen LogP contribution in [0.25, 0.3) is 0 Å². The fourth-order valence-corrected chi connectivity index (χ4v) is 3.51. The molecule has 0 bridgehead atoms. The predicted molar refractivity (Wildman–Crippen MR) is 95.4 cm³/mol. The van der Waals surface area contributed by atoms with Crippen LogP contribution in [0.1, 0.15) is 26.2 Å². The van der Waals surface area contributed by atoms with Gasteiger partial charge in [0.15, 0.2) is 0 Å². The van der Waals surface area contributed by atoms with Gasteiger partial charge in [0.25, 0.3) is 0 Å². The topological polar surface area (TPSA) is 72.9 Å². The van der Waals surface area contributed by atoms with Crippen molar-refractivity contribution >= 4 is 17.5 Å². The van der Waals surface area contributed by atoms with Crippen molar-refractivity contribution in [1.29, 1.82) is 0 Å². The number of nitrogens with zero attached hydrogens (tertiary/aromatic N) is 2. The molecule has 4 atom stereocenters. The number of imide groups is 1. The second-order valence-electron chi connectivity index (χ2n) is 6.68. The van der Waals surface area contributed by atoms with Crippen LogP contribution < -0.4 is 5.43 Å². The van der Waals surface area contributed by atoms with Gasteiger partial charge < -0.3 is 10.5 Å². The van der Waals surface area contributed by atoms with E-state index in [1.54, 1.807) is 11.1 Å². The van der Waals surface area contributed by atoms with Gasteiger partial charge in [0.2, 0.25) is 11.8 Å². The third kappa shape index (κ3) is 3.32. The SMILES string of the molecule is CCCCC(O)C1C=CC2C(=O)N(C)C(=O)C2N1Nc1ccccc1. The second-order valence-corrected chi connectivity index (χ2v) is 6.68. The quantitative estimate of drug-likeness (QED) is 0.609. The van der Waals surface area contributed by atoms with Crippen LogP contribution in [0.2, 0.25) is 0 Å². The average Bonchev–Trinajstić information content (AvgIpc) is 2.85. The number of likely N-dealkylation sites (tertiary alicyclic amines) is 1. The number of fused-ring (bicyclic) bond motifs is 1. The maximum Gasteiger partial charge on any atom is 0.249 e. The number of benzene rings is 1. The summed E-state index contributed by atoms with van der Waals surface area (Å²) in [6, 6.07) is 8.50. The molecule has 1 fully saturated rings. The molecule has 1 aromatic rings. The summed E-state index contributed by atoms with van der Waals surface area (Å²) in [7, 11) is 1.51. The molecule has 2 aliphatic heterocycles. The Labute approximate surface area is 148 Å². The van der Waals surface area contributed by atoms with E-state index >= 15 is 0 Å². The Bertz CT molecular complexity index is 661. The van der Waals surface area contributed by atoms with Gasteiger partial charge in [-0.1, -0.05) is 50.1 Å². The Morgan fingerprint density at radius 1 is 1.16 bits per heavy atom. The number of carbonyl (C=O) groups excluding carboxylic acids is 2. The molecule has 2 heterocycles. The number of anilines is 1. The van der Waals surface area contributed by atoms with Gasteiger partial charge in [-0.05, 0) is 18.6 Å². The maximum absolute atomic E-state index is 12.6. The molecule has 0 saturated carbocycles. The summed E-state index contributed by atoms with van der Waals surface area (Å²) < 4.78 is 0. The number of hydrazine groups is 1. The number of rotatable bonds is 6. The Morgan fingerprint density at radius 2 is 1.88 bits per heavy atom. The molecule has 6 nitrogen and oxygen atoms in total. The number of para-hydroxylation sites is 1. The predicted octanol–water partition coefficient (Wildman–Crippen LogP) is 1.79. The highest BCUT2D eigenvalue weighted by Crippen LogP contribution is 2.33. The number of hydrogen-bond donors (Lipinski definition) is 2. The van der Waals surface area contributed by atoms with Crippen LogP contribution in [0, 0.1) is 5.92 Å². The smallest absolute Gasteiger partial charge is 0.249 e. The van der Waals surface area contributed by atoms with Crippen molar-refractivity contribution in [2.75, 3.05) is 12.5 Å². The van der Waals surface area contributed by atoms with Crippen LogP contribution >= 0.6 is 0 Å². The monoisotopic (exact) mass is 343 g/mol. The Morgan fingerprint density at radius 3 is 2.56 bits per heavy atom. The molecular formula is C19H25N3O3. The lowest BCUT2D eigenvalue weighted by molar-refractivity contribution is -0.138. The summed E-state index contributed by atoms with van der Waals surface area (Å²) in [6.45, 7) is 2.08. The number of likely N-dealkylation sites (N-methyl/N-ethyl adjacent to an activating group) is 1. The van der Waals surface area contributed by atoms with Crippen LogP contribution in [-0.4, -0.2) is 52.1 Å². The van der Waals surface area contributed by atoms with Crippen molar-refractivity contribution in [2.24, 2.45) is 5.92 Å². The van der Waals surface area contributed by atoms with E-state index in [-0.39, 0.29) is 17.9 Å². The summed E-state index contributed by atoms with van der Waals surface area (Å²) in [5.74, 6) is -0.952. The molecule has 25 heavy (non-hydrogen) atoms. The van der Waals surface area contributed by atoms with E-state index in [0.717, 1.165) is 18.5 Å². The molecule has 6 heteroatoms. The largest absolute Gasteiger partial charge is 0.391 e. The third-order valence-electron chi connectivity index (χ3n) is 4.96. The van der Waals surface area contributed by atoms with Crippen molar-refractivity contribution < 1.29 is 14.7 Å². The lowest BCUT2D eigenvalue weighted by Crippen LogP contribution is -2.57. The molecule has 2 amide bonds. The minimum absolute atomic E-state index is 0.201. The van der Waals surface area contributed by atoms with Gasteiger partial charge in [-0.15, -0.1) is 0 Å². The van der Waals surface area contributed by atoms with E-state index in [1.165, 1.54) is 11.9 Å².